The van der Waals surface area contributed by atoms with E-state index in [1.165, 1.54) is 0 Å². The molecule has 0 aliphatic heterocycles. The average Bonchev–Trinajstić information content (AvgIpc) is 2.64. The second-order valence-corrected chi connectivity index (χ2v) is 5.38. The molecule has 2 unspecified atom stereocenters. The normalized spacial score (nSPS) is 29.6. The molecule has 1 aliphatic carbocycles. The molecule has 0 radical (unpaired) electrons. The minimum Gasteiger partial charge on any atom is -0.385 e. The van der Waals surface area contributed by atoms with Gasteiger partial charge in [-0.25, -0.2) is 4.39 Å². The maximum atomic E-state index is 14.0. The Morgan fingerprint density at radius 1 is 1.56 bits per heavy atom. The first kappa shape index (κ1) is 12.1. The number of rotatable bonds is 2. The summed E-state index contributed by atoms with van der Waals surface area (Å²) in [7, 11) is 0. The highest BCUT2D eigenvalue weighted by Gasteiger charge is 2.43. The van der Waals surface area contributed by atoms with Gasteiger partial charge in [-0.05, 0) is 47.2 Å². The molecule has 3 heteroatoms. The van der Waals surface area contributed by atoms with E-state index in [0.29, 0.717) is 16.5 Å². The first-order valence-electron chi connectivity index (χ1n) is 5.76. The van der Waals surface area contributed by atoms with Crippen LogP contribution in [0, 0.1) is 11.7 Å². The Labute approximate surface area is 104 Å². The van der Waals surface area contributed by atoms with E-state index in [0.717, 1.165) is 19.3 Å². The van der Waals surface area contributed by atoms with Gasteiger partial charge in [0.25, 0.3) is 0 Å². The molecular formula is C13H16BrFO. The highest BCUT2D eigenvalue weighted by Crippen LogP contribution is 2.46. The topological polar surface area (TPSA) is 20.2 Å². The number of benzene rings is 1. The van der Waals surface area contributed by atoms with Crippen molar-refractivity contribution in [1.29, 1.82) is 0 Å². The molecule has 1 aliphatic rings. The molecular weight excluding hydrogens is 271 g/mol. The average molecular weight is 287 g/mol. The van der Waals surface area contributed by atoms with Gasteiger partial charge in [-0.1, -0.05) is 25.5 Å². The molecule has 1 saturated carbocycles. The summed E-state index contributed by atoms with van der Waals surface area (Å²) in [5, 5.41) is 10.7. The Hall–Kier alpha value is -0.410. The SMILES string of the molecule is CCC1CCCC1(O)c1cccc(Br)c1F. The molecule has 88 valence electrons. The van der Waals surface area contributed by atoms with E-state index in [9.17, 15) is 9.50 Å². The van der Waals surface area contributed by atoms with Crippen LogP contribution >= 0.6 is 15.9 Å². The van der Waals surface area contributed by atoms with E-state index >= 15 is 0 Å². The smallest absolute Gasteiger partial charge is 0.143 e. The predicted molar refractivity (Wildman–Crippen MR) is 65.6 cm³/mol. The van der Waals surface area contributed by atoms with Gasteiger partial charge in [0, 0.05) is 5.56 Å². The summed E-state index contributed by atoms with van der Waals surface area (Å²) < 4.78 is 14.4. The second-order valence-electron chi connectivity index (χ2n) is 4.52. The van der Waals surface area contributed by atoms with Crippen LogP contribution < -0.4 is 0 Å². The Balaban J connectivity index is 2.46. The summed E-state index contributed by atoms with van der Waals surface area (Å²) >= 11 is 3.17. The van der Waals surface area contributed by atoms with E-state index in [1.807, 2.05) is 0 Å². The van der Waals surface area contributed by atoms with E-state index in [4.69, 9.17) is 0 Å². The Kier molecular flexibility index (Phi) is 3.36. The maximum absolute atomic E-state index is 14.0. The third kappa shape index (κ3) is 1.80. The van der Waals surface area contributed by atoms with Gasteiger partial charge in [0.05, 0.1) is 10.1 Å². The molecule has 0 aromatic heterocycles. The largest absolute Gasteiger partial charge is 0.385 e. The molecule has 0 amide bonds. The molecule has 2 rings (SSSR count). The fraction of sp³-hybridized carbons (Fsp3) is 0.538. The number of halogens is 2. The standard InChI is InChI=1S/C13H16BrFO/c1-2-9-5-4-8-13(9,16)10-6-3-7-11(14)12(10)15/h3,6-7,9,16H,2,4-5,8H2,1H3. The molecule has 0 bridgehead atoms. The van der Waals surface area contributed by atoms with Crippen LogP contribution in [0.3, 0.4) is 0 Å². The lowest BCUT2D eigenvalue weighted by Gasteiger charge is -2.30. The van der Waals surface area contributed by atoms with Gasteiger partial charge >= 0.3 is 0 Å². The first-order chi connectivity index (χ1) is 7.59. The lowest BCUT2D eigenvalue weighted by molar-refractivity contribution is -0.00713. The Bertz CT molecular complexity index is 394. The van der Waals surface area contributed by atoms with Crippen LogP contribution in [-0.2, 0) is 5.60 Å². The fourth-order valence-electron chi connectivity index (χ4n) is 2.80. The summed E-state index contributed by atoms with van der Waals surface area (Å²) in [6.07, 6.45) is 3.52. The van der Waals surface area contributed by atoms with E-state index in [2.05, 4.69) is 22.9 Å². The van der Waals surface area contributed by atoms with Crippen molar-refractivity contribution in [2.24, 2.45) is 5.92 Å². The lowest BCUT2D eigenvalue weighted by atomic mass is 9.82. The minimum absolute atomic E-state index is 0.177. The second kappa shape index (κ2) is 4.46. The molecule has 1 N–H and O–H groups in total. The van der Waals surface area contributed by atoms with Crippen LogP contribution in [0.25, 0.3) is 0 Å². The van der Waals surface area contributed by atoms with Gasteiger partial charge in [-0.15, -0.1) is 0 Å². The van der Waals surface area contributed by atoms with Crippen molar-refractivity contribution >= 4 is 15.9 Å². The Morgan fingerprint density at radius 2 is 2.31 bits per heavy atom. The van der Waals surface area contributed by atoms with Gasteiger partial charge < -0.3 is 5.11 Å². The van der Waals surface area contributed by atoms with Crippen LogP contribution in [0.1, 0.15) is 38.2 Å². The fourth-order valence-corrected chi connectivity index (χ4v) is 3.16. The number of aliphatic hydroxyl groups is 1. The number of hydrogen-bond acceptors (Lipinski definition) is 1. The molecule has 1 fully saturated rings. The minimum atomic E-state index is -0.970. The van der Waals surface area contributed by atoms with Crippen molar-refractivity contribution < 1.29 is 9.50 Å². The molecule has 1 aromatic carbocycles. The van der Waals surface area contributed by atoms with Crippen LogP contribution in [-0.4, -0.2) is 5.11 Å². The van der Waals surface area contributed by atoms with Crippen molar-refractivity contribution in [3.05, 3.63) is 34.1 Å². The van der Waals surface area contributed by atoms with E-state index in [-0.39, 0.29) is 11.7 Å². The molecule has 0 saturated heterocycles. The maximum Gasteiger partial charge on any atom is 0.143 e. The third-order valence-corrected chi connectivity index (χ3v) is 4.31. The lowest BCUT2D eigenvalue weighted by Crippen LogP contribution is -2.31. The molecule has 1 aromatic rings. The van der Waals surface area contributed by atoms with Crippen molar-refractivity contribution in [2.75, 3.05) is 0 Å². The van der Waals surface area contributed by atoms with Crippen LogP contribution in [0.4, 0.5) is 4.39 Å². The quantitative estimate of drug-likeness (QED) is 0.872. The first-order valence-corrected chi connectivity index (χ1v) is 6.55. The van der Waals surface area contributed by atoms with Crippen molar-refractivity contribution in [2.45, 2.75) is 38.2 Å². The van der Waals surface area contributed by atoms with Crippen molar-refractivity contribution in [1.82, 2.24) is 0 Å². The highest BCUT2D eigenvalue weighted by atomic mass is 79.9. The molecule has 0 spiro atoms. The van der Waals surface area contributed by atoms with Gasteiger partial charge in [0.1, 0.15) is 5.82 Å². The molecule has 1 nitrogen and oxygen atoms in total. The zero-order valence-corrected chi connectivity index (χ0v) is 10.9. The Morgan fingerprint density at radius 3 is 3.00 bits per heavy atom. The van der Waals surface area contributed by atoms with Crippen LogP contribution in [0.15, 0.2) is 22.7 Å². The van der Waals surface area contributed by atoms with Crippen LogP contribution in [0.5, 0.6) is 0 Å². The zero-order chi connectivity index (χ0) is 11.8. The molecule has 0 heterocycles. The molecule has 2 atom stereocenters. The summed E-state index contributed by atoms with van der Waals surface area (Å²) in [4.78, 5) is 0. The zero-order valence-electron chi connectivity index (χ0n) is 9.34. The summed E-state index contributed by atoms with van der Waals surface area (Å²) in [6, 6.07) is 5.15. The summed E-state index contributed by atoms with van der Waals surface area (Å²) in [6.45, 7) is 2.05. The molecule has 16 heavy (non-hydrogen) atoms. The van der Waals surface area contributed by atoms with Gasteiger partial charge in [0.15, 0.2) is 0 Å². The van der Waals surface area contributed by atoms with Crippen LogP contribution in [0.2, 0.25) is 0 Å². The van der Waals surface area contributed by atoms with E-state index in [1.54, 1.807) is 18.2 Å². The summed E-state index contributed by atoms with van der Waals surface area (Å²) in [5.74, 6) is -0.137. The van der Waals surface area contributed by atoms with Gasteiger partial charge in [-0.3, -0.25) is 0 Å². The van der Waals surface area contributed by atoms with E-state index < -0.39 is 5.60 Å². The monoisotopic (exact) mass is 286 g/mol. The van der Waals surface area contributed by atoms with Crippen molar-refractivity contribution in [3.8, 4) is 0 Å². The summed E-state index contributed by atoms with van der Waals surface area (Å²) in [5.41, 5.74) is -0.519. The van der Waals surface area contributed by atoms with Gasteiger partial charge in [-0.2, -0.15) is 0 Å². The van der Waals surface area contributed by atoms with Gasteiger partial charge in [0.2, 0.25) is 0 Å². The highest BCUT2D eigenvalue weighted by molar-refractivity contribution is 9.10. The van der Waals surface area contributed by atoms with Crippen molar-refractivity contribution in [3.63, 3.8) is 0 Å². The number of hydrogen-bond donors (Lipinski definition) is 1. The predicted octanol–water partition coefficient (Wildman–Crippen LogP) is 3.99. The third-order valence-electron chi connectivity index (χ3n) is 3.70.